The number of carbonyl (C=O) groups is 1. The van der Waals surface area contributed by atoms with Crippen molar-refractivity contribution in [3.8, 4) is 5.75 Å². The number of aryl methyl sites for hydroxylation is 2. The molecule has 8 nitrogen and oxygen atoms in total. The smallest absolute Gasteiger partial charge is 0.352 e. The Morgan fingerprint density at radius 3 is 2.71 bits per heavy atom. The molecule has 11 heteroatoms. The van der Waals surface area contributed by atoms with Crippen molar-refractivity contribution in [1.29, 1.82) is 0 Å². The maximum atomic E-state index is 12.6. The molecule has 48 heavy (non-hydrogen) atoms. The number of carboxylic acid groups (broad SMARTS) is 1. The molecule has 0 atom stereocenters. The highest BCUT2D eigenvalue weighted by Gasteiger charge is 2.27. The summed E-state index contributed by atoms with van der Waals surface area (Å²) in [5.74, 6) is 2.27. The number of aromatic carboxylic acids is 1. The van der Waals surface area contributed by atoms with E-state index in [-0.39, 0.29) is 5.69 Å². The fraction of sp³-hybridized carbons (Fsp3) is 0.324. The number of fused-ring (bicyclic) bond motifs is 6. The molecule has 0 spiro atoms. The van der Waals surface area contributed by atoms with Gasteiger partial charge in [-0.25, -0.2) is 4.79 Å². The summed E-state index contributed by atoms with van der Waals surface area (Å²) in [7, 11) is 3.70. The lowest BCUT2D eigenvalue weighted by Crippen LogP contribution is -2.09. The largest absolute Gasteiger partial charge is 0.493 e. The lowest BCUT2D eigenvalue weighted by Gasteiger charge is -2.14. The molecule has 7 rings (SSSR count). The predicted molar refractivity (Wildman–Crippen MR) is 199 cm³/mol. The molecular formula is C37H38ClN5O3S2. The first-order chi connectivity index (χ1) is 23.3. The van der Waals surface area contributed by atoms with Gasteiger partial charge in [-0.05, 0) is 73.9 Å². The number of hydrazone groups is 1. The monoisotopic (exact) mass is 699 g/mol. The van der Waals surface area contributed by atoms with Crippen LogP contribution in [0.5, 0.6) is 5.75 Å². The standard InChI is InChI=1S/C37H38ClN5O3S2/c1-23-17-32-33(38)13-12-31-30(36(37(44)45)41(2)35(31)32)9-6-15-46-34-20-28(18-24-7-4-5-8-29(24)34)48-22-27-19-25(40-43(27)26-10-11-26)21-47-16-14-39-42(23)3/h4-5,7-8,12-14,17-20,26H,6,9-11,15-16,21-22H2,1-3H3,(H,44,45)/b23-17+,39-14+. The van der Waals surface area contributed by atoms with Crippen molar-refractivity contribution in [2.24, 2.45) is 12.1 Å². The number of benzene rings is 3. The number of ether oxygens (including phenoxy) is 1. The van der Waals surface area contributed by atoms with Gasteiger partial charge >= 0.3 is 5.97 Å². The van der Waals surface area contributed by atoms with Crippen LogP contribution < -0.4 is 4.74 Å². The number of aromatic nitrogens is 3. The number of allylic oxidation sites excluding steroid dienone is 1. The molecule has 3 aromatic carbocycles. The van der Waals surface area contributed by atoms with E-state index in [1.807, 2.05) is 49.5 Å². The number of hydrogen-bond donors (Lipinski definition) is 1. The van der Waals surface area contributed by atoms with Crippen molar-refractivity contribution >= 4 is 75.1 Å². The summed E-state index contributed by atoms with van der Waals surface area (Å²) in [5, 5.41) is 25.4. The van der Waals surface area contributed by atoms with Crippen LogP contribution in [-0.2, 0) is 25.0 Å². The van der Waals surface area contributed by atoms with Gasteiger partial charge in [0.1, 0.15) is 11.4 Å². The second-order valence-corrected chi connectivity index (χ2v) is 14.8. The number of nitrogens with zero attached hydrogens (tertiary/aromatic N) is 5. The molecule has 2 aliphatic rings. The quantitative estimate of drug-likeness (QED) is 0.197. The van der Waals surface area contributed by atoms with Gasteiger partial charge < -0.3 is 14.4 Å². The number of halogens is 1. The van der Waals surface area contributed by atoms with Gasteiger partial charge in [-0.15, -0.1) is 23.5 Å². The van der Waals surface area contributed by atoms with Crippen LogP contribution in [0.15, 0.2) is 70.3 Å². The van der Waals surface area contributed by atoms with Gasteiger partial charge in [-0.2, -0.15) is 10.2 Å². The maximum Gasteiger partial charge on any atom is 0.352 e. The minimum absolute atomic E-state index is 0.269. The molecule has 2 aromatic heterocycles. The molecule has 1 N–H and O–H groups in total. The molecular weight excluding hydrogens is 662 g/mol. The first-order valence-electron chi connectivity index (χ1n) is 16.2. The summed E-state index contributed by atoms with van der Waals surface area (Å²) < 4.78 is 10.5. The third kappa shape index (κ3) is 6.70. The Morgan fingerprint density at radius 1 is 1.06 bits per heavy atom. The van der Waals surface area contributed by atoms with E-state index >= 15 is 0 Å². The minimum atomic E-state index is -0.963. The fourth-order valence-electron chi connectivity index (χ4n) is 6.40. The summed E-state index contributed by atoms with van der Waals surface area (Å²) >= 11 is 10.4. The van der Waals surface area contributed by atoms with Crippen LogP contribution in [0.4, 0.5) is 0 Å². The van der Waals surface area contributed by atoms with Crippen molar-refractivity contribution < 1.29 is 14.6 Å². The second kappa shape index (κ2) is 13.9. The summed E-state index contributed by atoms with van der Waals surface area (Å²) in [4.78, 5) is 13.7. The van der Waals surface area contributed by atoms with Crippen LogP contribution in [0.25, 0.3) is 27.8 Å². The van der Waals surface area contributed by atoms with Gasteiger partial charge in [0.15, 0.2) is 0 Å². The van der Waals surface area contributed by atoms with Crippen molar-refractivity contribution in [1.82, 2.24) is 19.4 Å². The molecule has 0 saturated heterocycles. The van der Waals surface area contributed by atoms with Crippen LogP contribution >= 0.6 is 35.1 Å². The second-order valence-electron chi connectivity index (χ2n) is 12.4. The van der Waals surface area contributed by atoms with Crippen LogP contribution in [0.2, 0.25) is 5.02 Å². The molecule has 5 aromatic rings. The molecule has 1 aliphatic carbocycles. The summed E-state index contributed by atoms with van der Waals surface area (Å²) in [6, 6.07) is 19.2. The van der Waals surface area contributed by atoms with E-state index in [2.05, 4.69) is 46.2 Å². The Morgan fingerprint density at radius 2 is 1.90 bits per heavy atom. The van der Waals surface area contributed by atoms with Gasteiger partial charge in [0, 0.05) is 75.2 Å². The molecule has 0 unspecified atom stereocenters. The Kier molecular flexibility index (Phi) is 9.49. The summed E-state index contributed by atoms with van der Waals surface area (Å²) in [5.41, 5.74) is 5.85. The van der Waals surface area contributed by atoms with Gasteiger partial charge in [0.2, 0.25) is 0 Å². The van der Waals surface area contributed by atoms with Crippen molar-refractivity contribution in [3.05, 3.63) is 93.5 Å². The van der Waals surface area contributed by atoms with Crippen LogP contribution in [0.3, 0.4) is 0 Å². The SMILES string of the molecule is C/C1=C\c2c(Cl)ccc3c(c(C(=O)O)n(C)c23)CCCOc2cc(cc3ccccc23)SCc2cc(nn2C2CC2)CSC/C=N/N1C. The van der Waals surface area contributed by atoms with Crippen molar-refractivity contribution in [3.63, 3.8) is 0 Å². The third-order valence-electron chi connectivity index (χ3n) is 8.98. The average molecular weight is 700 g/mol. The summed E-state index contributed by atoms with van der Waals surface area (Å²) in [6.45, 7) is 2.43. The zero-order chi connectivity index (χ0) is 33.4. The van der Waals surface area contributed by atoms with E-state index in [1.54, 1.807) is 35.1 Å². The zero-order valence-corrected chi connectivity index (χ0v) is 29.7. The highest BCUT2D eigenvalue weighted by molar-refractivity contribution is 7.99. The van der Waals surface area contributed by atoms with E-state index in [9.17, 15) is 9.90 Å². The highest BCUT2D eigenvalue weighted by Crippen LogP contribution is 2.39. The van der Waals surface area contributed by atoms with Gasteiger partial charge in [0.05, 0.1) is 23.9 Å². The van der Waals surface area contributed by atoms with Crippen LogP contribution in [0.1, 0.15) is 65.2 Å². The molecule has 8 bridgehead atoms. The Labute approximate surface area is 293 Å². The molecule has 3 heterocycles. The lowest BCUT2D eigenvalue weighted by molar-refractivity contribution is 0.0685. The molecule has 1 fully saturated rings. The van der Waals surface area contributed by atoms with Crippen LogP contribution in [0, 0.1) is 0 Å². The van der Waals surface area contributed by atoms with Gasteiger partial charge in [-0.1, -0.05) is 41.9 Å². The maximum absolute atomic E-state index is 12.6. The van der Waals surface area contributed by atoms with E-state index in [0.717, 1.165) is 72.1 Å². The van der Waals surface area contributed by atoms with Crippen molar-refractivity contribution in [2.45, 2.75) is 55.1 Å². The Balaban J connectivity index is 1.26. The molecule has 0 radical (unpaired) electrons. The first-order valence-corrected chi connectivity index (χ1v) is 18.7. The van der Waals surface area contributed by atoms with Crippen molar-refractivity contribution in [2.75, 3.05) is 19.4 Å². The fourth-order valence-corrected chi connectivity index (χ4v) is 8.18. The van der Waals surface area contributed by atoms with E-state index < -0.39 is 5.97 Å². The molecule has 248 valence electrons. The normalized spacial score (nSPS) is 18.3. The number of thioether (sulfide) groups is 2. The van der Waals surface area contributed by atoms with E-state index in [0.29, 0.717) is 30.5 Å². The lowest BCUT2D eigenvalue weighted by atomic mass is 10.0. The van der Waals surface area contributed by atoms with Crippen LogP contribution in [-0.4, -0.2) is 56.1 Å². The summed E-state index contributed by atoms with van der Waals surface area (Å²) in [6.07, 6.45) is 7.46. The zero-order valence-electron chi connectivity index (χ0n) is 27.3. The topological polar surface area (TPSA) is 84.9 Å². The molecule has 0 amide bonds. The molecule has 1 aliphatic heterocycles. The average Bonchev–Trinajstić information content (AvgIpc) is 3.77. The number of hydrogen-bond acceptors (Lipinski definition) is 7. The Bertz CT molecular complexity index is 2080. The highest BCUT2D eigenvalue weighted by atomic mass is 35.5. The van der Waals surface area contributed by atoms with Gasteiger partial charge in [0.25, 0.3) is 0 Å². The predicted octanol–water partition coefficient (Wildman–Crippen LogP) is 9.04. The van der Waals surface area contributed by atoms with Gasteiger partial charge in [-0.3, -0.25) is 9.69 Å². The minimum Gasteiger partial charge on any atom is -0.493 e. The number of rotatable bonds is 2. The number of carboxylic acids is 1. The first kappa shape index (κ1) is 32.7. The van der Waals surface area contributed by atoms with E-state index in [1.165, 1.54) is 18.5 Å². The third-order valence-corrected chi connectivity index (χ3v) is 11.2. The van der Waals surface area contributed by atoms with E-state index in [4.69, 9.17) is 21.4 Å². The Hall–Kier alpha value is -3.86. The molecule has 1 saturated carbocycles.